The van der Waals surface area contributed by atoms with Crippen molar-refractivity contribution in [3.63, 3.8) is 0 Å². The third-order valence-electron chi connectivity index (χ3n) is 4.30. The minimum Gasteiger partial charge on any atom is -0.316 e. The summed E-state index contributed by atoms with van der Waals surface area (Å²) in [5.74, 6) is -0.178. The maximum atomic E-state index is 12.6. The number of Topliss-reactive ketones (excluding diaryl/α,β-unsaturated/α-hetero) is 1. The van der Waals surface area contributed by atoms with E-state index in [1.165, 1.54) is 23.3 Å². The van der Waals surface area contributed by atoms with Gasteiger partial charge in [0.25, 0.3) is 0 Å². The summed E-state index contributed by atoms with van der Waals surface area (Å²) in [5.41, 5.74) is 1.78. The normalized spacial score (nSPS) is 17.3. The zero-order valence-corrected chi connectivity index (χ0v) is 14.8. The van der Waals surface area contributed by atoms with Crippen molar-refractivity contribution in [1.29, 1.82) is 0 Å². The topological polar surface area (TPSA) is 83.6 Å². The Bertz CT molecular complexity index is 763. The van der Waals surface area contributed by atoms with E-state index in [-0.39, 0.29) is 18.2 Å². The van der Waals surface area contributed by atoms with Crippen LogP contribution in [0.4, 0.5) is 5.00 Å². The van der Waals surface area contributed by atoms with Crippen molar-refractivity contribution in [2.24, 2.45) is 5.92 Å². The summed E-state index contributed by atoms with van der Waals surface area (Å²) in [4.78, 5) is 25.9. The molecule has 3 rings (SSSR count). The molecule has 1 heterocycles. The van der Waals surface area contributed by atoms with Crippen molar-refractivity contribution in [1.82, 2.24) is 4.31 Å². The molecule has 0 spiro atoms. The van der Waals surface area contributed by atoms with Gasteiger partial charge in [-0.05, 0) is 37.7 Å². The lowest BCUT2D eigenvalue weighted by Crippen LogP contribution is -2.34. The second kappa shape index (κ2) is 5.99. The average Bonchev–Trinajstić information content (AvgIpc) is 3.11. The lowest BCUT2D eigenvalue weighted by atomic mass is 10.0. The molecule has 23 heavy (non-hydrogen) atoms. The highest BCUT2D eigenvalue weighted by Gasteiger charge is 2.36. The van der Waals surface area contributed by atoms with E-state index in [2.05, 4.69) is 5.32 Å². The smallest absolute Gasteiger partial charge is 0.240 e. The third kappa shape index (κ3) is 3.49. The molecule has 2 aliphatic rings. The van der Waals surface area contributed by atoms with E-state index in [1.807, 2.05) is 0 Å². The van der Waals surface area contributed by atoms with Crippen LogP contribution in [0.25, 0.3) is 0 Å². The van der Waals surface area contributed by atoms with Crippen molar-refractivity contribution in [2.45, 2.75) is 32.1 Å². The Labute approximate surface area is 139 Å². The van der Waals surface area contributed by atoms with Gasteiger partial charge in [0.2, 0.25) is 15.9 Å². The van der Waals surface area contributed by atoms with Gasteiger partial charge in [0.1, 0.15) is 5.00 Å². The van der Waals surface area contributed by atoms with Gasteiger partial charge in [-0.2, -0.15) is 4.31 Å². The van der Waals surface area contributed by atoms with Gasteiger partial charge in [0.05, 0.1) is 18.4 Å². The van der Waals surface area contributed by atoms with Gasteiger partial charge in [-0.15, -0.1) is 11.3 Å². The van der Waals surface area contributed by atoms with Gasteiger partial charge in [-0.25, -0.2) is 8.42 Å². The Morgan fingerprint density at radius 1 is 1.30 bits per heavy atom. The number of nitrogens with zero attached hydrogens (tertiary/aromatic N) is 1. The number of hydrogen-bond acceptors (Lipinski definition) is 5. The van der Waals surface area contributed by atoms with E-state index in [4.69, 9.17) is 0 Å². The molecule has 0 aromatic carbocycles. The van der Waals surface area contributed by atoms with Crippen LogP contribution < -0.4 is 5.32 Å². The summed E-state index contributed by atoms with van der Waals surface area (Å²) in [7, 11) is -2.05. The molecule has 0 radical (unpaired) electrons. The fourth-order valence-corrected chi connectivity index (χ4v) is 4.45. The van der Waals surface area contributed by atoms with E-state index in [0.717, 1.165) is 48.2 Å². The molecule has 8 heteroatoms. The number of carbonyl (C=O) groups is 2. The number of rotatable bonds is 6. The number of anilines is 1. The maximum absolute atomic E-state index is 12.6. The van der Waals surface area contributed by atoms with Crippen LogP contribution in [0.3, 0.4) is 0 Å². The molecule has 1 aromatic heterocycles. The molecule has 0 atom stereocenters. The first-order chi connectivity index (χ1) is 10.8. The van der Waals surface area contributed by atoms with Crippen molar-refractivity contribution < 1.29 is 18.0 Å². The predicted octanol–water partition coefficient (Wildman–Crippen LogP) is 1.66. The number of likely N-dealkylation sites (N-methyl/N-ethyl adjacent to an activating group) is 1. The highest BCUT2D eigenvalue weighted by molar-refractivity contribution is 7.88. The van der Waals surface area contributed by atoms with Gasteiger partial charge in [-0.1, -0.05) is 0 Å². The lowest BCUT2D eigenvalue weighted by Gasteiger charge is -2.14. The highest BCUT2D eigenvalue weighted by Crippen LogP contribution is 2.43. The average molecular weight is 356 g/mol. The second-order valence-electron chi connectivity index (χ2n) is 6.27. The van der Waals surface area contributed by atoms with Crippen LogP contribution in [0.5, 0.6) is 0 Å². The van der Waals surface area contributed by atoms with Gasteiger partial charge >= 0.3 is 0 Å². The predicted molar refractivity (Wildman–Crippen MR) is 89.5 cm³/mol. The van der Waals surface area contributed by atoms with E-state index < -0.39 is 15.9 Å². The number of ketones is 1. The number of sulfonamides is 1. The van der Waals surface area contributed by atoms with Crippen molar-refractivity contribution >= 4 is 38.1 Å². The summed E-state index contributed by atoms with van der Waals surface area (Å²) in [6.45, 7) is -0.252. The summed E-state index contributed by atoms with van der Waals surface area (Å²) in [5, 5.41) is 3.36. The van der Waals surface area contributed by atoms with Crippen LogP contribution in [-0.2, 0) is 27.7 Å². The SMILES string of the molecule is CN(CC(=O)Nc1sc2c(c1C(=O)C1CC1)CCC2)S(C)(=O)=O. The van der Waals surface area contributed by atoms with Gasteiger partial charge in [0.15, 0.2) is 5.78 Å². The van der Waals surface area contributed by atoms with Crippen LogP contribution >= 0.6 is 11.3 Å². The molecule has 126 valence electrons. The summed E-state index contributed by atoms with van der Waals surface area (Å²) in [6, 6.07) is 0. The van der Waals surface area contributed by atoms with E-state index in [0.29, 0.717) is 10.6 Å². The first-order valence-corrected chi connectivity index (χ1v) is 10.3. The Balaban J connectivity index is 1.80. The monoisotopic (exact) mass is 356 g/mol. The van der Waals surface area contributed by atoms with E-state index in [9.17, 15) is 18.0 Å². The molecular formula is C15H20N2O4S2. The Hall–Kier alpha value is -1.25. The largest absolute Gasteiger partial charge is 0.316 e. The number of fused-ring (bicyclic) bond motifs is 1. The van der Waals surface area contributed by atoms with Crippen molar-refractivity contribution in [2.75, 3.05) is 25.2 Å². The van der Waals surface area contributed by atoms with Gasteiger partial charge in [0, 0.05) is 17.8 Å². The fraction of sp³-hybridized carbons (Fsp3) is 0.600. The summed E-state index contributed by atoms with van der Waals surface area (Å²) in [6.07, 6.45) is 5.79. The van der Waals surface area contributed by atoms with E-state index in [1.54, 1.807) is 0 Å². The summed E-state index contributed by atoms with van der Waals surface area (Å²) < 4.78 is 23.8. The van der Waals surface area contributed by atoms with Crippen molar-refractivity contribution in [3.8, 4) is 0 Å². The first-order valence-electron chi connectivity index (χ1n) is 7.67. The van der Waals surface area contributed by atoms with Crippen LogP contribution in [0.15, 0.2) is 0 Å². The molecule has 1 aromatic rings. The van der Waals surface area contributed by atoms with Crippen LogP contribution in [0.2, 0.25) is 0 Å². The zero-order valence-electron chi connectivity index (χ0n) is 13.2. The quantitative estimate of drug-likeness (QED) is 0.786. The highest BCUT2D eigenvalue weighted by atomic mass is 32.2. The molecule has 1 fully saturated rings. The van der Waals surface area contributed by atoms with Crippen molar-refractivity contribution in [3.05, 3.63) is 16.0 Å². The number of nitrogens with one attached hydrogen (secondary N) is 1. The Morgan fingerprint density at radius 3 is 2.61 bits per heavy atom. The van der Waals surface area contributed by atoms with Crippen LogP contribution in [0, 0.1) is 5.92 Å². The lowest BCUT2D eigenvalue weighted by molar-refractivity contribution is -0.116. The minimum absolute atomic E-state index is 0.101. The Kier molecular flexibility index (Phi) is 4.33. The van der Waals surface area contributed by atoms with E-state index >= 15 is 0 Å². The molecule has 0 unspecified atom stereocenters. The molecule has 0 saturated heterocycles. The Morgan fingerprint density at radius 2 is 2.00 bits per heavy atom. The number of thiophene rings is 1. The van der Waals surface area contributed by atoms with Crippen LogP contribution in [0.1, 0.15) is 40.1 Å². The minimum atomic E-state index is -3.41. The second-order valence-corrected chi connectivity index (χ2v) is 9.46. The van der Waals surface area contributed by atoms with Gasteiger partial charge in [-0.3, -0.25) is 9.59 Å². The number of amides is 1. The number of carbonyl (C=O) groups excluding carboxylic acids is 2. The molecule has 1 amide bonds. The molecular weight excluding hydrogens is 336 g/mol. The molecule has 1 saturated carbocycles. The zero-order chi connectivity index (χ0) is 16.8. The molecule has 1 N–H and O–H groups in total. The molecule has 6 nitrogen and oxygen atoms in total. The third-order valence-corrected chi connectivity index (χ3v) is 6.77. The summed E-state index contributed by atoms with van der Waals surface area (Å²) >= 11 is 1.46. The van der Waals surface area contributed by atoms with Gasteiger partial charge < -0.3 is 5.32 Å². The number of hydrogen-bond donors (Lipinski definition) is 1. The molecule has 0 bridgehead atoms. The fourth-order valence-electron chi connectivity index (χ4n) is 2.79. The van der Waals surface area contributed by atoms with Crippen LogP contribution in [-0.4, -0.2) is 44.3 Å². The molecule has 2 aliphatic carbocycles. The standard InChI is InChI=1S/C15H20N2O4S2/c1-17(23(2,20)21)8-12(18)16-15-13(14(19)9-6-7-9)10-4-3-5-11(10)22-15/h9H,3-8H2,1-2H3,(H,16,18). The maximum Gasteiger partial charge on any atom is 0.240 e. The number of aryl methyl sites for hydroxylation is 1. The first kappa shape index (κ1) is 16.6. The molecule has 0 aliphatic heterocycles.